The lowest BCUT2D eigenvalue weighted by Gasteiger charge is -2.36. The summed E-state index contributed by atoms with van der Waals surface area (Å²) in [5, 5.41) is 14.7. The number of carbonyl (C=O) groups excluding carboxylic acids is 1. The monoisotopic (exact) mass is 494 g/mol. The maximum atomic E-state index is 12.8. The Bertz CT molecular complexity index is 1120. The van der Waals surface area contributed by atoms with Crippen LogP contribution in [0.3, 0.4) is 0 Å². The molecule has 3 aromatic carbocycles. The number of nitrogens with zero attached hydrogens (tertiary/aromatic N) is 3. The smallest absolute Gasteiger partial charge is 0.292 e. The van der Waals surface area contributed by atoms with Crippen molar-refractivity contribution in [3.63, 3.8) is 0 Å². The van der Waals surface area contributed by atoms with Crippen LogP contribution >= 0.6 is 15.9 Å². The van der Waals surface area contributed by atoms with E-state index in [1.54, 1.807) is 12.1 Å². The largest absolute Gasteiger partial charge is 0.375 e. The molecule has 1 aliphatic heterocycles. The van der Waals surface area contributed by atoms with Gasteiger partial charge in [-0.1, -0.05) is 42.5 Å². The molecule has 0 aromatic heterocycles. The Hall–Kier alpha value is -3.39. The van der Waals surface area contributed by atoms with Crippen molar-refractivity contribution in [2.75, 3.05) is 36.4 Å². The van der Waals surface area contributed by atoms with Gasteiger partial charge in [-0.15, -0.1) is 0 Å². The Balaban J connectivity index is 1.45. The predicted octanol–water partition coefficient (Wildman–Crippen LogP) is 4.93. The van der Waals surface area contributed by atoms with Crippen molar-refractivity contribution in [3.8, 4) is 0 Å². The highest BCUT2D eigenvalue weighted by Gasteiger charge is 2.24. The number of halogens is 1. The van der Waals surface area contributed by atoms with Gasteiger partial charge in [-0.25, -0.2) is 0 Å². The average molecular weight is 495 g/mol. The van der Waals surface area contributed by atoms with Crippen LogP contribution in [-0.4, -0.2) is 41.9 Å². The van der Waals surface area contributed by atoms with Gasteiger partial charge in [-0.3, -0.25) is 14.9 Å². The van der Waals surface area contributed by atoms with Crippen molar-refractivity contribution in [2.24, 2.45) is 0 Å². The molecule has 4 rings (SSSR count). The van der Waals surface area contributed by atoms with Crippen LogP contribution in [0, 0.1) is 10.1 Å². The van der Waals surface area contributed by atoms with Crippen molar-refractivity contribution in [1.82, 2.24) is 4.90 Å². The maximum Gasteiger partial charge on any atom is 0.292 e. The fraction of sp³-hybridized carbons (Fsp3) is 0.208. The summed E-state index contributed by atoms with van der Waals surface area (Å²) in [5.74, 6) is 0.00559. The van der Waals surface area contributed by atoms with Crippen molar-refractivity contribution in [1.29, 1.82) is 0 Å². The predicted molar refractivity (Wildman–Crippen MR) is 129 cm³/mol. The van der Waals surface area contributed by atoms with Crippen LogP contribution in [-0.2, 0) is 6.54 Å². The second-order valence-electron chi connectivity index (χ2n) is 7.56. The molecule has 0 atom stereocenters. The van der Waals surface area contributed by atoms with Crippen LogP contribution in [0.1, 0.15) is 15.9 Å². The Morgan fingerprint density at radius 1 is 0.969 bits per heavy atom. The molecule has 1 fully saturated rings. The third-order valence-electron chi connectivity index (χ3n) is 5.54. The molecule has 8 heteroatoms. The Labute approximate surface area is 194 Å². The summed E-state index contributed by atoms with van der Waals surface area (Å²) in [6.45, 7) is 2.99. The SMILES string of the molecule is O=C(c1ccccc1Br)N1CCN(c2ccc([N+](=O)[O-])c(NCc3ccccc3)c2)CC1. The fourth-order valence-corrected chi connectivity index (χ4v) is 4.24. The number of rotatable bonds is 6. The Morgan fingerprint density at radius 2 is 1.66 bits per heavy atom. The van der Waals surface area contributed by atoms with Crippen molar-refractivity contribution < 1.29 is 9.72 Å². The van der Waals surface area contributed by atoms with Gasteiger partial charge >= 0.3 is 0 Å². The molecule has 7 nitrogen and oxygen atoms in total. The second-order valence-corrected chi connectivity index (χ2v) is 8.41. The van der Waals surface area contributed by atoms with Crippen molar-refractivity contribution in [3.05, 3.63) is 98.5 Å². The third kappa shape index (κ3) is 4.91. The topological polar surface area (TPSA) is 78.7 Å². The van der Waals surface area contributed by atoms with E-state index in [0.717, 1.165) is 15.7 Å². The molecule has 0 radical (unpaired) electrons. The van der Waals surface area contributed by atoms with Gasteiger partial charge in [-0.05, 0) is 45.8 Å². The van der Waals surface area contributed by atoms with Crippen LogP contribution in [0.2, 0.25) is 0 Å². The molecular formula is C24H23BrN4O3. The van der Waals surface area contributed by atoms with Crippen LogP contribution in [0.4, 0.5) is 17.1 Å². The number of amides is 1. The molecule has 1 amide bonds. The molecule has 164 valence electrons. The van der Waals surface area contributed by atoms with Gasteiger partial charge in [0.05, 0.1) is 10.5 Å². The molecule has 32 heavy (non-hydrogen) atoms. The third-order valence-corrected chi connectivity index (χ3v) is 6.23. The fourth-order valence-electron chi connectivity index (χ4n) is 3.79. The van der Waals surface area contributed by atoms with E-state index in [9.17, 15) is 14.9 Å². The summed E-state index contributed by atoms with van der Waals surface area (Å²) in [7, 11) is 0. The lowest BCUT2D eigenvalue weighted by Crippen LogP contribution is -2.48. The van der Waals surface area contributed by atoms with E-state index < -0.39 is 0 Å². The Morgan fingerprint density at radius 3 is 2.34 bits per heavy atom. The lowest BCUT2D eigenvalue weighted by atomic mass is 10.1. The van der Waals surface area contributed by atoms with E-state index in [4.69, 9.17) is 0 Å². The summed E-state index contributed by atoms with van der Waals surface area (Å²) in [6.07, 6.45) is 0. The van der Waals surface area contributed by atoms with E-state index in [0.29, 0.717) is 44.0 Å². The Kier molecular flexibility index (Phi) is 6.70. The van der Waals surface area contributed by atoms with Crippen LogP contribution in [0.5, 0.6) is 0 Å². The molecule has 3 aromatic rings. The molecule has 0 unspecified atom stereocenters. The van der Waals surface area contributed by atoms with E-state index >= 15 is 0 Å². The standard InChI is InChI=1S/C24H23BrN4O3/c25-21-9-5-4-8-20(21)24(30)28-14-12-27(13-15-28)19-10-11-23(29(31)32)22(16-19)26-17-18-6-2-1-3-7-18/h1-11,16,26H,12-15,17H2. The maximum absolute atomic E-state index is 12.8. The van der Waals surface area contributed by atoms with E-state index in [1.807, 2.05) is 65.6 Å². The highest BCUT2D eigenvalue weighted by Crippen LogP contribution is 2.31. The highest BCUT2D eigenvalue weighted by atomic mass is 79.9. The lowest BCUT2D eigenvalue weighted by molar-refractivity contribution is -0.384. The van der Waals surface area contributed by atoms with Crippen LogP contribution in [0.15, 0.2) is 77.3 Å². The van der Waals surface area contributed by atoms with Crippen LogP contribution < -0.4 is 10.2 Å². The van der Waals surface area contributed by atoms with Crippen LogP contribution in [0.25, 0.3) is 0 Å². The van der Waals surface area contributed by atoms with Gasteiger partial charge in [0.2, 0.25) is 0 Å². The summed E-state index contributed by atoms with van der Waals surface area (Å²) in [5.41, 5.74) is 3.14. The first-order chi connectivity index (χ1) is 15.5. The van der Waals surface area contributed by atoms with Gasteiger partial charge in [0.15, 0.2) is 0 Å². The molecule has 1 aliphatic rings. The first-order valence-corrected chi connectivity index (χ1v) is 11.2. The zero-order chi connectivity index (χ0) is 22.5. The summed E-state index contributed by atoms with van der Waals surface area (Å²) in [4.78, 5) is 28.0. The van der Waals surface area contributed by atoms with Gasteiger partial charge in [0.1, 0.15) is 5.69 Å². The number of hydrogen-bond donors (Lipinski definition) is 1. The normalized spacial score (nSPS) is 13.7. The molecular weight excluding hydrogens is 472 g/mol. The number of nitrogens with one attached hydrogen (secondary N) is 1. The zero-order valence-electron chi connectivity index (χ0n) is 17.4. The van der Waals surface area contributed by atoms with E-state index in [1.165, 1.54) is 0 Å². The van der Waals surface area contributed by atoms with Crippen molar-refractivity contribution in [2.45, 2.75) is 6.54 Å². The van der Waals surface area contributed by atoms with E-state index in [2.05, 4.69) is 26.1 Å². The van der Waals surface area contributed by atoms with Crippen molar-refractivity contribution >= 4 is 38.9 Å². The minimum Gasteiger partial charge on any atom is -0.375 e. The molecule has 0 bridgehead atoms. The number of carbonyl (C=O) groups is 1. The quantitative estimate of drug-likeness (QED) is 0.388. The molecule has 0 spiro atoms. The first-order valence-electron chi connectivity index (χ1n) is 10.4. The minimum atomic E-state index is -0.370. The summed E-state index contributed by atoms with van der Waals surface area (Å²) < 4.78 is 0.789. The number of nitro benzene ring substituents is 1. The number of anilines is 2. The van der Waals surface area contributed by atoms with Gasteiger partial charge < -0.3 is 15.1 Å². The summed E-state index contributed by atoms with van der Waals surface area (Å²) >= 11 is 3.45. The van der Waals surface area contributed by atoms with Gasteiger partial charge in [-0.2, -0.15) is 0 Å². The number of hydrogen-bond acceptors (Lipinski definition) is 5. The molecule has 1 heterocycles. The minimum absolute atomic E-state index is 0.00559. The number of piperazine rings is 1. The first kappa shape index (κ1) is 21.8. The van der Waals surface area contributed by atoms with Gasteiger partial charge in [0, 0.05) is 49.0 Å². The number of nitro groups is 1. The van der Waals surface area contributed by atoms with E-state index in [-0.39, 0.29) is 16.5 Å². The molecule has 0 saturated carbocycles. The highest BCUT2D eigenvalue weighted by molar-refractivity contribution is 9.10. The van der Waals surface area contributed by atoms with Gasteiger partial charge in [0.25, 0.3) is 11.6 Å². The summed E-state index contributed by atoms with van der Waals surface area (Å²) in [6, 6.07) is 22.3. The molecule has 0 aliphatic carbocycles. The zero-order valence-corrected chi connectivity index (χ0v) is 19.0. The second kappa shape index (κ2) is 9.82. The molecule has 1 N–H and O–H groups in total. The average Bonchev–Trinajstić information content (AvgIpc) is 2.83. The molecule has 1 saturated heterocycles. The number of benzene rings is 3.